The highest BCUT2D eigenvalue weighted by Gasteiger charge is 2.23. The van der Waals surface area contributed by atoms with Gasteiger partial charge in [0.15, 0.2) is 17.3 Å². The topological polar surface area (TPSA) is 55.8 Å². The second-order valence-corrected chi connectivity index (χ2v) is 4.61. The first-order valence-corrected chi connectivity index (χ1v) is 6.64. The Balaban J connectivity index is 2.23. The van der Waals surface area contributed by atoms with E-state index in [0.717, 1.165) is 5.56 Å². The summed E-state index contributed by atoms with van der Waals surface area (Å²) in [6, 6.07) is 14.4. The molecule has 0 aliphatic rings. The molecule has 1 N–H and O–H groups in total. The van der Waals surface area contributed by atoms with E-state index in [2.05, 4.69) is 0 Å². The first kappa shape index (κ1) is 15.1. The van der Waals surface area contributed by atoms with Crippen LogP contribution < -0.4 is 9.47 Å². The molecule has 0 aliphatic carbocycles. The van der Waals surface area contributed by atoms with Crippen molar-refractivity contribution in [3.63, 3.8) is 0 Å². The Kier molecular flexibility index (Phi) is 4.95. The lowest BCUT2D eigenvalue weighted by atomic mass is 9.99. The third kappa shape index (κ3) is 3.41. The highest BCUT2D eigenvalue weighted by Crippen LogP contribution is 2.31. The van der Waals surface area contributed by atoms with Gasteiger partial charge in [0.05, 0.1) is 19.8 Å². The molecule has 2 aromatic carbocycles. The average molecular weight is 286 g/mol. The molecule has 0 fully saturated rings. The lowest BCUT2D eigenvalue weighted by molar-refractivity contribution is 0.0744. The lowest BCUT2D eigenvalue weighted by Gasteiger charge is -2.14. The number of para-hydroxylation sites is 1. The number of hydrogen-bond acceptors (Lipinski definition) is 4. The van der Waals surface area contributed by atoms with Crippen molar-refractivity contribution in [1.29, 1.82) is 0 Å². The molecule has 4 nitrogen and oxygen atoms in total. The molecule has 0 radical (unpaired) electrons. The fraction of sp³-hybridized carbons (Fsp3) is 0.235. The van der Waals surface area contributed by atoms with Gasteiger partial charge in [0.2, 0.25) is 0 Å². The molecule has 1 atom stereocenters. The number of carbonyl (C=O) groups is 1. The first-order valence-electron chi connectivity index (χ1n) is 6.64. The fourth-order valence-electron chi connectivity index (χ4n) is 2.19. The van der Waals surface area contributed by atoms with E-state index in [4.69, 9.17) is 9.47 Å². The van der Waals surface area contributed by atoms with Gasteiger partial charge in [-0.05, 0) is 17.7 Å². The molecule has 2 aromatic rings. The second kappa shape index (κ2) is 6.90. The van der Waals surface area contributed by atoms with Crippen LogP contribution in [0.1, 0.15) is 15.9 Å². The van der Waals surface area contributed by atoms with Gasteiger partial charge in [0.25, 0.3) is 0 Å². The van der Waals surface area contributed by atoms with Crippen LogP contribution in [0.3, 0.4) is 0 Å². The van der Waals surface area contributed by atoms with E-state index in [9.17, 15) is 9.90 Å². The fourth-order valence-corrected chi connectivity index (χ4v) is 2.19. The molecule has 21 heavy (non-hydrogen) atoms. The molecule has 0 aromatic heterocycles. The highest BCUT2D eigenvalue weighted by molar-refractivity contribution is 6.02. The Morgan fingerprint density at radius 2 is 1.76 bits per heavy atom. The van der Waals surface area contributed by atoms with Crippen molar-refractivity contribution >= 4 is 5.78 Å². The maximum Gasteiger partial charge on any atom is 0.195 e. The van der Waals surface area contributed by atoms with Crippen LogP contribution in [0.15, 0.2) is 48.5 Å². The molecule has 110 valence electrons. The van der Waals surface area contributed by atoms with E-state index in [1.807, 2.05) is 30.3 Å². The Morgan fingerprint density at radius 1 is 1.05 bits per heavy atom. The van der Waals surface area contributed by atoms with E-state index < -0.39 is 6.10 Å². The smallest absolute Gasteiger partial charge is 0.195 e. The predicted octanol–water partition coefficient (Wildman–Crippen LogP) is 2.49. The lowest BCUT2D eigenvalue weighted by Crippen LogP contribution is -2.23. The number of methoxy groups -OCH3 is 2. The molecule has 0 bridgehead atoms. The number of ether oxygens (including phenoxy) is 2. The minimum absolute atomic E-state index is 0.264. The van der Waals surface area contributed by atoms with Crippen molar-refractivity contribution < 1.29 is 19.4 Å². The molecule has 4 heteroatoms. The Bertz CT molecular complexity index is 607. The molecule has 0 amide bonds. The van der Waals surface area contributed by atoms with Crippen LogP contribution in [0.2, 0.25) is 0 Å². The minimum atomic E-state index is -1.12. The molecule has 0 saturated carbocycles. The number of aliphatic hydroxyl groups is 1. The van der Waals surface area contributed by atoms with Crippen molar-refractivity contribution in [2.75, 3.05) is 14.2 Å². The Labute approximate surface area is 123 Å². The summed E-state index contributed by atoms with van der Waals surface area (Å²) in [5.41, 5.74) is 1.22. The monoisotopic (exact) mass is 286 g/mol. The Hall–Kier alpha value is -2.33. The number of hydrogen-bond donors (Lipinski definition) is 1. The number of carbonyl (C=O) groups excluding carboxylic acids is 1. The predicted molar refractivity (Wildman–Crippen MR) is 80.0 cm³/mol. The summed E-state index contributed by atoms with van der Waals surface area (Å²) in [5.74, 6) is 0.432. The molecule has 0 spiro atoms. The summed E-state index contributed by atoms with van der Waals surface area (Å²) in [6.07, 6.45) is -0.853. The van der Waals surface area contributed by atoms with Crippen LogP contribution in [0, 0.1) is 0 Å². The van der Waals surface area contributed by atoms with Gasteiger partial charge in [-0.2, -0.15) is 0 Å². The molecule has 0 aliphatic heterocycles. The van der Waals surface area contributed by atoms with Gasteiger partial charge >= 0.3 is 0 Å². The van der Waals surface area contributed by atoms with Crippen molar-refractivity contribution in [2.24, 2.45) is 0 Å². The average Bonchev–Trinajstić information content (AvgIpc) is 2.54. The maximum atomic E-state index is 12.4. The van der Waals surface area contributed by atoms with Gasteiger partial charge in [-0.1, -0.05) is 36.4 Å². The van der Waals surface area contributed by atoms with Crippen molar-refractivity contribution in [2.45, 2.75) is 12.5 Å². The summed E-state index contributed by atoms with van der Waals surface area (Å²) < 4.78 is 10.4. The normalized spacial score (nSPS) is 11.8. The van der Waals surface area contributed by atoms with Gasteiger partial charge in [0, 0.05) is 6.42 Å². The zero-order chi connectivity index (χ0) is 15.2. The molecule has 2 rings (SSSR count). The van der Waals surface area contributed by atoms with E-state index in [0.29, 0.717) is 17.1 Å². The van der Waals surface area contributed by atoms with Gasteiger partial charge in [-0.25, -0.2) is 0 Å². The standard InChI is InChI=1S/C17H18O4/c1-20-15-10-6-9-13(17(15)21-2)16(19)14(18)11-12-7-4-3-5-8-12/h3-10,14,18H,11H2,1-2H3/t14-/m1/s1. The summed E-state index contributed by atoms with van der Waals surface area (Å²) in [4.78, 5) is 12.4. The third-order valence-corrected chi connectivity index (χ3v) is 3.24. The van der Waals surface area contributed by atoms with Gasteiger partial charge < -0.3 is 14.6 Å². The van der Waals surface area contributed by atoms with Crippen molar-refractivity contribution in [1.82, 2.24) is 0 Å². The molecule has 0 heterocycles. The van der Waals surface area contributed by atoms with Gasteiger partial charge in [-0.15, -0.1) is 0 Å². The SMILES string of the molecule is COc1cccc(C(=O)[C@H](O)Cc2ccccc2)c1OC. The summed E-state index contributed by atoms with van der Waals surface area (Å²) in [5, 5.41) is 10.2. The zero-order valence-corrected chi connectivity index (χ0v) is 12.1. The summed E-state index contributed by atoms with van der Waals surface area (Å²) in [7, 11) is 2.98. The maximum absolute atomic E-state index is 12.4. The quantitative estimate of drug-likeness (QED) is 0.829. The molecular formula is C17H18O4. The Morgan fingerprint density at radius 3 is 2.38 bits per heavy atom. The number of ketones is 1. The van der Waals surface area contributed by atoms with E-state index in [-0.39, 0.29) is 12.2 Å². The van der Waals surface area contributed by atoms with Crippen LogP contribution in [-0.2, 0) is 6.42 Å². The molecule has 0 saturated heterocycles. The van der Waals surface area contributed by atoms with Gasteiger partial charge in [-0.3, -0.25) is 4.79 Å². The number of Topliss-reactive ketones (excluding diaryl/α,β-unsaturated/α-hetero) is 1. The van der Waals surface area contributed by atoms with Crippen LogP contribution in [0.4, 0.5) is 0 Å². The number of aliphatic hydroxyl groups excluding tert-OH is 1. The summed E-state index contributed by atoms with van der Waals surface area (Å²) >= 11 is 0. The first-order chi connectivity index (χ1) is 10.2. The molecule has 0 unspecified atom stereocenters. The zero-order valence-electron chi connectivity index (χ0n) is 12.1. The third-order valence-electron chi connectivity index (χ3n) is 3.24. The minimum Gasteiger partial charge on any atom is -0.493 e. The van der Waals surface area contributed by atoms with Crippen LogP contribution >= 0.6 is 0 Å². The van der Waals surface area contributed by atoms with E-state index >= 15 is 0 Å². The largest absolute Gasteiger partial charge is 0.493 e. The molecular weight excluding hydrogens is 268 g/mol. The van der Waals surface area contributed by atoms with Crippen LogP contribution in [0.5, 0.6) is 11.5 Å². The number of rotatable bonds is 6. The highest BCUT2D eigenvalue weighted by atomic mass is 16.5. The van der Waals surface area contributed by atoms with Gasteiger partial charge in [0.1, 0.15) is 6.10 Å². The van der Waals surface area contributed by atoms with Crippen molar-refractivity contribution in [3.05, 3.63) is 59.7 Å². The van der Waals surface area contributed by atoms with Crippen LogP contribution in [-0.4, -0.2) is 31.2 Å². The number of benzene rings is 2. The van der Waals surface area contributed by atoms with E-state index in [1.54, 1.807) is 18.2 Å². The van der Waals surface area contributed by atoms with Crippen molar-refractivity contribution in [3.8, 4) is 11.5 Å². The van der Waals surface area contributed by atoms with E-state index in [1.165, 1.54) is 14.2 Å². The van der Waals surface area contributed by atoms with Crippen LogP contribution in [0.25, 0.3) is 0 Å². The summed E-state index contributed by atoms with van der Waals surface area (Å²) in [6.45, 7) is 0. The second-order valence-electron chi connectivity index (χ2n) is 4.61.